The molecule has 0 aromatic heterocycles. The first-order valence-corrected chi connectivity index (χ1v) is 2.49. The van der Waals surface area contributed by atoms with E-state index in [0.717, 1.165) is 6.42 Å². The maximum absolute atomic E-state index is 4.73. The average Bonchev–Trinajstić information content (AvgIpc) is 1.68. The van der Waals surface area contributed by atoms with Crippen LogP contribution in [-0.2, 0) is 4.74 Å². The van der Waals surface area contributed by atoms with Crippen LogP contribution in [0.5, 0.6) is 0 Å². The zero-order valence-corrected chi connectivity index (χ0v) is 5.19. The van der Waals surface area contributed by atoms with Crippen molar-refractivity contribution in [2.24, 2.45) is 0 Å². The Morgan fingerprint density at radius 1 is 1.71 bits per heavy atom. The molecule has 0 atom stereocenters. The van der Waals surface area contributed by atoms with Gasteiger partial charge in [0.25, 0.3) is 0 Å². The van der Waals surface area contributed by atoms with Crippen LogP contribution in [0.3, 0.4) is 0 Å². The number of methoxy groups -OCH3 is 1. The van der Waals surface area contributed by atoms with Crippen molar-refractivity contribution in [1.29, 1.82) is 0 Å². The van der Waals surface area contributed by atoms with Crippen LogP contribution in [0, 0.1) is 0 Å². The van der Waals surface area contributed by atoms with Gasteiger partial charge in [0.15, 0.2) is 0 Å². The van der Waals surface area contributed by atoms with Crippen molar-refractivity contribution in [2.45, 2.75) is 20.3 Å². The smallest absolute Gasteiger partial charge is 0.0813 e. The van der Waals surface area contributed by atoms with Crippen molar-refractivity contribution < 1.29 is 4.74 Å². The summed E-state index contributed by atoms with van der Waals surface area (Å²) in [6.45, 7) is 4.15. The summed E-state index contributed by atoms with van der Waals surface area (Å²) in [4.78, 5) is 0. The molecule has 0 radical (unpaired) electrons. The summed E-state index contributed by atoms with van der Waals surface area (Å²) in [6.07, 6.45) is 2.84. The number of allylic oxidation sites excluding steroid dienone is 1. The van der Waals surface area contributed by atoms with Gasteiger partial charge in [0.2, 0.25) is 0 Å². The highest BCUT2D eigenvalue weighted by Crippen LogP contribution is 1.95. The Balaban J connectivity index is 3.29. The molecule has 0 N–H and O–H groups in total. The lowest BCUT2D eigenvalue weighted by Crippen LogP contribution is -1.72. The Kier molecular flexibility index (Phi) is 3.48. The summed E-state index contributed by atoms with van der Waals surface area (Å²) in [5, 5.41) is 0. The quantitative estimate of drug-likeness (QED) is 0.482. The summed E-state index contributed by atoms with van der Waals surface area (Å²) in [7, 11) is 1.67. The van der Waals surface area contributed by atoms with Gasteiger partial charge in [0, 0.05) is 0 Å². The van der Waals surface area contributed by atoms with E-state index in [1.165, 1.54) is 5.57 Å². The fraction of sp³-hybridized carbons (Fsp3) is 0.667. The van der Waals surface area contributed by atoms with E-state index in [1.54, 1.807) is 13.4 Å². The maximum Gasteiger partial charge on any atom is 0.0813 e. The molecule has 0 aliphatic carbocycles. The molecule has 0 aromatic rings. The number of rotatable bonds is 2. The monoisotopic (exact) mass is 100 g/mol. The third-order valence-electron chi connectivity index (χ3n) is 0.877. The SMILES string of the molecule is CC/C(C)=C/OC. The Bertz CT molecular complexity index is 64.6. The van der Waals surface area contributed by atoms with Crippen molar-refractivity contribution in [1.82, 2.24) is 0 Å². The van der Waals surface area contributed by atoms with E-state index in [0.29, 0.717) is 0 Å². The molecule has 0 spiro atoms. The van der Waals surface area contributed by atoms with Crippen molar-refractivity contribution in [3.05, 3.63) is 11.8 Å². The first-order chi connectivity index (χ1) is 3.31. The fourth-order valence-electron chi connectivity index (χ4n) is 0.285. The van der Waals surface area contributed by atoms with Gasteiger partial charge < -0.3 is 4.74 Å². The average molecular weight is 100 g/mol. The maximum atomic E-state index is 4.73. The lowest BCUT2D eigenvalue weighted by molar-refractivity contribution is 0.333. The van der Waals surface area contributed by atoms with Crippen LogP contribution in [0.15, 0.2) is 11.8 Å². The molecule has 0 amide bonds. The van der Waals surface area contributed by atoms with Gasteiger partial charge in [0.05, 0.1) is 13.4 Å². The minimum absolute atomic E-state index is 1.08. The minimum atomic E-state index is 1.08. The lowest BCUT2D eigenvalue weighted by Gasteiger charge is -1.90. The zero-order chi connectivity index (χ0) is 5.70. The Hall–Kier alpha value is -0.460. The van der Waals surface area contributed by atoms with Crippen LogP contribution in [-0.4, -0.2) is 7.11 Å². The summed E-state index contributed by atoms with van der Waals surface area (Å²) < 4.78 is 4.73. The van der Waals surface area contributed by atoms with Gasteiger partial charge in [-0.3, -0.25) is 0 Å². The van der Waals surface area contributed by atoms with E-state index in [2.05, 4.69) is 6.92 Å². The van der Waals surface area contributed by atoms with E-state index >= 15 is 0 Å². The van der Waals surface area contributed by atoms with E-state index in [-0.39, 0.29) is 0 Å². The highest BCUT2D eigenvalue weighted by Gasteiger charge is 1.77. The molecule has 7 heavy (non-hydrogen) atoms. The van der Waals surface area contributed by atoms with Crippen LogP contribution in [0.4, 0.5) is 0 Å². The van der Waals surface area contributed by atoms with Gasteiger partial charge in [-0.05, 0) is 18.9 Å². The molecular weight excluding hydrogens is 88.1 g/mol. The summed E-state index contributed by atoms with van der Waals surface area (Å²) in [5.41, 5.74) is 1.28. The second-order valence-corrected chi connectivity index (χ2v) is 1.55. The fourth-order valence-corrected chi connectivity index (χ4v) is 0.285. The minimum Gasteiger partial charge on any atom is -0.504 e. The second kappa shape index (κ2) is 3.72. The largest absolute Gasteiger partial charge is 0.504 e. The first kappa shape index (κ1) is 6.54. The van der Waals surface area contributed by atoms with Crippen molar-refractivity contribution in [3.63, 3.8) is 0 Å². The van der Waals surface area contributed by atoms with Gasteiger partial charge in [-0.15, -0.1) is 0 Å². The molecule has 0 heterocycles. The van der Waals surface area contributed by atoms with E-state index in [9.17, 15) is 0 Å². The zero-order valence-electron chi connectivity index (χ0n) is 5.19. The van der Waals surface area contributed by atoms with E-state index in [4.69, 9.17) is 4.74 Å². The Morgan fingerprint density at radius 2 is 2.29 bits per heavy atom. The number of ether oxygens (including phenoxy) is 1. The highest BCUT2D eigenvalue weighted by molar-refractivity contribution is 4.90. The van der Waals surface area contributed by atoms with E-state index in [1.807, 2.05) is 6.92 Å². The van der Waals surface area contributed by atoms with Crippen LogP contribution < -0.4 is 0 Å². The second-order valence-electron chi connectivity index (χ2n) is 1.55. The molecule has 42 valence electrons. The normalized spacial score (nSPS) is 11.6. The third kappa shape index (κ3) is 3.37. The van der Waals surface area contributed by atoms with Crippen molar-refractivity contribution in [2.75, 3.05) is 7.11 Å². The molecule has 0 rings (SSSR count). The molecular formula is C6H12O. The van der Waals surface area contributed by atoms with Crippen LogP contribution in [0.2, 0.25) is 0 Å². The van der Waals surface area contributed by atoms with Crippen molar-refractivity contribution in [3.8, 4) is 0 Å². The van der Waals surface area contributed by atoms with Crippen molar-refractivity contribution >= 4 is 0 Å². The number of hydrogen-bond donors (Lipinski definition) is 0. The third-order valence-corrected chi connectivity index (χ3v) is 0.877. The predicted octanol–water partition coefficient (Wildman–Crippen LogP) is 1.95. The van der Waals surface area contributed by atoms with Gasteiger partial charge in [0.1, 0.15) is 0 Å². The predicted molar refractivity (Wildman–Crippen MR) is 31.1 cm³/mol. The Morgan fingerprint density at radius 3 is 2.43 bits per heavy atom. The summed E-state index contributed by atoms with van der Waals surface area (Å²) >= 11 is 0. The molecule has 0 aromatic carbocycles. The molecule has 0 unspecified atom stereocenters. The van der Waals surface area contributed by atoms with Crippen LogP contribution >= 0.6 is 0 Å². The van der Waals surface area contributed by atoms with Gasteiger partial charge in [-0.25, -0.2) is 0 Å². The van der Waals surface area contributed by atoms with Gasteiger partial charge in [-0.2, -0.15) is 0 Å². The molecule has 0 saturated heterocycles. The van der Waals surface area contributed by atoms with Crippen LogP contribution in [0.25, 0.3) is 0 Å². The molecule has 0 fully saturated rings. The molecule has 1 heteroatoms. The first-order valence-electron chi connectivity index (χ1n) is 2.49. The molecule has 1 nitrogen and oxygen atoms in total. The van der Waals surface area contributed by atoms with Gasteiger partial charge in [-0.1, -0.05) is 6.92 Å². The molecule has 0 bridgehead atoms. The van der Waals surface area contributed by atoms with E-state index < -0.39 is 0 Å². The highest BCUT2D eigenvalue weighted by atomic mass is 16.5. The molecule has 0 saturated carbocycles. The number of hydrogen-bond acceptors (Lipinski definition) is 1. The summed E-state index contributed by atoms with van der Waals surface area (Å²) in [5.74, 6) is 0. The molecule has 0 aliphatic rings. The molecule has 0 aliphatic heterocycles. The van der Waals surface area contributed by atoms with Crippen LogP contribution in [0.1, 0.15) is 20.3 Å². The summed E-state index contributed by atoms with van der Waals surface area (Å²) in [6, 6.07) is 0. The standard InChI is InChI=1S/C6H12O/c1-4-6(2)5-7-3/h5H,4H2,1-3H3/b6-5+. The Labute approximate surface area is 45.0 Å². The van der Waals surface area contributed by atoms with Gasteiger partial charge >= 0.3 is 0 Å². The topological polar surface area (TPSA) is 9.23 Å². The lowest BCUT2D eigenvalue weighted by atomic mass is 10.3.